The summed E-state index contributed by atoms with van der Waals surface area (Å²) in [4.78, 5) is 11.2. The van der Waals surface area contributed by atoms with Gasteiger partial charge in [-0.15, -0.1) is 0 Å². The Labute approximate surface area is 87.9 Å². The van der Waals surface area contributed by atoms with Crippen LogP contribution in [-0.4, -0.2) is 15.6 Å². The average molecular weight is 203 g/mol. The highest BCUT2D eigenvalue weighted by atomic mass is 16.4. The van der Waals surface area contributed by atoms with Crippen LogP contribution in [0, 0.1) is 13.8 Å². The summed E-state index contributed by atoms with van der Waals surface area (Å²) in [6.07, 6.45) is 0. The molecule has 0 atom stereocenters. The Morgan fingerprint density at radius 1 is 1.33 bits per heavy atom. The molecule has 1 N–H and O–H groups in total. The molecule has 0 saturated heterocycles. The van der Waals surface area contributed by atoms with Gasteiger partial charge in [0.05, 0.1) is 11.1 Å². The van der Waals surface area contributed by atoms with Gasteiger partial charge in [0, 0.05) is 18.1 Å². The van der Waals surface area contributed by atoms with E-state index in [1.165, 1.54) is 0 Å². The number of hydrogen-bond acceptors (Lipinski definition) is 1. The van der Waals surface area contributed by atoms with Gasteiger partial charge in [0.25, 0.3) is 0 Å². The van der Waals surface area contributed by atoms with E-state index in [4.69, 9.17) is 0 Å². The Bertz CT molecular complexity index is 552. The number of nitrogens with zero attached hydrogens (tertiary/aromatic N) is 1. The van der Waals surface area contributed by atoms with Gasteiger partial charge in [0.15, 0.2) is 0 Å². The topological polar surface area (TPSA) is 42.2 Å². The molecule has 3 heteroatoms. The van der Waals surface area contributed by atoms with Crippen molar-refractivity contribution in [3.05, 3.63) is 35.0 Å². The fourth-order valence-corrected chi connectivity index (χ4v) is 1.95. The van der Waals surface area contributed by atoms with Gasteiger partial charge in [-0.25, -0.2) is 4.79 Å². The number of aromatic carboxylic acids is 1. The van der Waals surface area contributed by atoms with E-state index < -0.39 is 5.97 Å². The van der Waals surface area contributed by atoms with Gasteiger partial charge in [0.2, 0.25) is 0 Å². The normalized spacial score (nSPS) is 10.9. The maximum atomic E-state index is 11.2. The van der Waals surface area contributed by atoms with E-state index in [2.05, 4.69) is 0 Å². The molecular formula is C12H13NO2. The van der Waals surface area contributed by atoms with E-state index in [0.717, 1.165) is 22.2 Å². The molecule has 0 amide bonds. The molecular weight excluding hydrogens is 190 g/mol. The zero-order valence-corrected chi connectivity index (χ0v) is 9.03. The molecule has 15 heavy (non-hydrogen) atoms. The summed E-state index contributed by atoms with van der Waals surface area (Å²) in [6.45, 7) is 3.80. The number of fused-ring (bicyclic) bond motifs is 1. The van der Waals surface area contributed by atoms with E-state index >= 15 is 0 Å². The smallest absolute Gasteiger partial charge is 0.338 e. The summed E-state index contributed by atoms with van der Waals surface area (Å²) < 4.78 is 1.92. The van der Waals surface area contributed by atoms with Crippen LogP contribution < -0.4 is 0 Å². The first-order chi connectivity index (χ1) is 7.02. The molecule has 1 heterocycles. The second kappa shape index (κ2) is 3.12. The van der Waals surface area contributed by atoms with Gasteiger partial charge in [-0.2, -0.15) is 0 Å². The van der Waals surface area contributed by atoms with Crippen LogP contribution >= 0.6 is 0 Å². The van der Waals surface area contributed by atoms with Crippen molar-refractivity contribution >= 4 is 16.9 Å². The van der Waals surface area contributed by atoms with E-state index in [1.807, 2.05) is 43.7 Å². The highest BCUT2D eigenvalue weighted by molar-refractivity contribution is 6.04. The van der Waals surface area contributed by atoms with Crippen molar-refractivity contribution in [3.8, 4) is 0 Å². The molecule has 0 saturated carbocycles. The lowest BCUT2D eigenvalue weighted by atomic mass is 10.1. The number of carbonyl (C=O) groups is 1. The Hall–Kier alpha value is -1.77. The molecule has 0 aliphatic rings. The SMILES string of the molecule is Cc1ccc2cc(C)n(C)c2c1C(=O)O. The molecule has 0 bridgehead atoms. The lowest BCUT2D eigenvalue weighted by molar-refractivity contribution is 0.0698. The first-order valence-electron chi connectivity index (χ1n) is 4.81. The average Bonchev–Trinajstić information content (AvgIpc) is 2.44. The minimum absolute atomic E-state index is 0.406. The first-order valence-corrected chi connectivity index (χ1v) is 4.81. The number of rotatable bonds is 1. The number of aryl methyl sites for hydroxylation is 3. The third kappa shape index (κ3) is 1.31. The van der Waals surface area contributed by atoms with Crippen molar-refractivity contribution in [1.82, 2.24) is 4.57 Å². The number of carboxylic acid groups (broad SMARTS) is 1. The molecule has 0 unspecified atom stereocenters. The van der Waals surface area contributed by atoms with Crippen molar-refractivity contribution in [1.29, 1.82) is 0 Å². The minimum Gasteiger partial charge on any atom is -0.478 e. The van der Waals surface area contributed by atoms with Crippen LogP contribution in [0.5, 0.6) is 0 Å². The van der Waals surface area contributed by atoms with Crippen molar-refractivity contribution < 1.29 is 9.90 Å². The Kier molecular flexibility index (Phi) is 2.03. The molecule has 1 aromatic carbocycles. The van der Waals surface area contributed by atoms with Crippen LogP contribution in [0.3, 0.4) is 0 Å². The van der Waals surface area contributed by atoms with Gasteiger partial charge in [0.1, 0.15) is 0 Å². The lowest BCUT2D eigenvalue weighted by Crippen LogP contribution is -2.04. The second-order valence-electron chi connectivity index (χ2n) is 3.85. The molecule has 0 aliphatic heterocycles. The molecule has 0 fully saturated rings. The molecule has 3 nitrogen and oxygen atoms in total. The maximum Gasteiger partial charge on any atom is 0.338 e. The summed E-state index contributed by atoms with van der Waals surface area (Å²) in [6, 6.07) is 5.82. The molecule has 0 radical (unpaired) electrons. The Balaban J connectivity index is 2.97. The third-order valence-corrected chi connectivity index (χ3v) is 2.86. The van der Waals surface area contributed by atoms with Gasteiger partial charge >= 0.3 is 5.97 Å². The summed E-state index contributed by atoms with van der Waals surface area (Å²) in [5.41, 5.74) is 3.08. The number of aromatic nitrogens is 1. The van der Waals surface area contributed by atoms with Crippen LogP contribution in [0.1, 0.15) is 21.6 Å². The summed E-state index contributed by atoms with van der Waals surface area (Å²) in [7, 11) is 1.89. The van der Waals surface area contributed by atoms with Gasteiger partial charge in [-0.3, -0.25) is 0 Å². The van der Waals surface area contributed by atoms with Crippen LogP contribution in [0.2, 0.25) is 0 Å². The van der Waals surface area contributed by atoms with Crippen molar-refractivity contribution in [2.24, 2.45) is 7.05 Å². The molecule has 0 spiro atoms. The zero-order valence-electron chi connectivity index (χ0n) is 9.03. The molecule has 1 aromatic heterocycles. The monoisotopic (exact) mass is 203 g/mol. The molecule has 2 rings (SSSR count). The third-order valence-electron chi connectivity index (χ3n) is 2.86. The van der Waals surface area contributed by atoms with Crippen LogP contribution in [-0.2, 0) is 7.05 Å². The predicted octanol–water partition coefficient (Wildman–Crippen LogP) is 2.49. The van der Waals surface area contributed by atoms with Gasteiger partial charge < -0.3 is 9.67 Å². The number of benzene rings is 1. The van der Waals surface area contributed by atoms with Crippen molar-refractivity contribution in [2.75, 3.05) is 0 Å². The van der Waals surface area contributed by atoms with E-state index in [1.54, 1.807) is 0 Å². The quantitative estimate of drug-likeness (QED) is 0.773. The lowest BCUT2D eigenvalue weighted by Gasteiger charge is -2.06. The van der Waals surface area contributed by atoms with E-state index in [0.29, 0.717) is 5.56 Å². The standard InChI is InChI=1S/C12H13NO2/c1-7-4-5-9-6-8(2)13(3)11(9)10(7)12(14)15/h4-6H,1-3H3,(H,14,15). The van der Waals surface area contributed by atoms with Crippen LogP contribution in [0.25, 0.3) is 10.9 Å². The fraction of sp³-hybridized carbons (Fsp3) is 0.250. The van der Waals surface area contributed by atoms with Crippen LogP contribution in [0.15, 0.2) is 18.2 Å². The predicted molar refractivity (Wildman–Crippen MR) is 59.4 cm³/mol. The fourth-order valence-electron chi connectivity index (χ4n) is 1.95. The molecule has 0 aliphatic carbocycles. The Morgan fingerprint density at radius 3 is 2.60 bits per heavy atom. The second-order valence-corrected chi connectivity index (χ2v) is 3.85. The van der Waals surface area contributed by atoms with Crippen LogP contribution in [0.4, 0.5) is 0 Å². The van der Waals surface area contributed by atoms with Crippen molar-refractivity contribution in [3.63, 3.8) is 0 Å². The Morgan fingerprint density at radius 2 is 2.00 bits per heavy atom. The van der Waals surface area contributed by atoms with E-state index in [9.17, 15) is 9.90 Å². The minimum atomic E-state index is -0.862. The number of hydrogen-bond donors (Lipinski definition) is 1. The molecule has 78 valence electrons. The van der Waals surface area contributed by atoms with Crippen molar-refractivity contribution in [2.45, 2.75) is 13.8 Å². The first kappa shape index (κ1) is 9.77. The zero-order chi connectivity index (χ0) is 11.2. The largest absolute Gasteiger partial charge is 0.478 e. The number of carboxylic acids is 1. The highest BCUT2D eigenvalue weighted by Gasteiger charge is 2.15. The highest BCUT2D eigenvalue weighted by Crippen LogP contribution is 2.24. The molecule has 2 aromatic rings. The van der Waals surface area contributed by atoms with Gasteiger partial charge in [-0.1, -0.05) is 12.1 Å². The summed E-state index contributed by atoms with van der Waals surface area (Å²) >= 11 is 0. The summed E-state index contributed by atoms with van der Waals surface area (Å²) in [5.74, 6) is -0.862. The summed E-state index contributed by atoms with van der Waals surface area (Å²) in [5, 5.41) is 10.2. The maximum absolute atomic E-state index is 11.2. The van der Waals surface area contributed by atoms with E-state index in [-0.39, 0.29) is 0 Å². The van der Waals surface area contributed by atoms with Gasteiger partial charge in [-0.05, 0) is 25.5 Å².